The maximum atomic E-state index is 12.1. The smallest absolute Gasteiger partial charge is 0.359 e. The van der Waals surface area contributed by atoms with Crippen molar-refractivity contribution >= 4 is 22.8 Å². The Morgan fingerprint density at radius 1 is 1.17 bits per heavy atom. The summed E-state index contributed by atoms with van der Waals surface area (Å²) in [5, 5.41) is 10.3. The van der Waals surface area contributed by atoms with Crippen molar-refractivity contribution in [3.8, 4) is 0 Å². The second-order valence-electron chi connectivity index (χ2n) is 7.86. The third-order valence-corrected chi connectivity index (χ3v) is 3.45. The molecule has 130 valence electrons. The van der Waals surface area contributed by atoms with Gasteiger partial charge in [-0.3, -0.25) is 9.89 Å². The highest BCUT2D eigenvalue weighted by molar-refractivity contribution is 6.02. The summed E-state index contributed by atoms with van der Waals surface area (Å²) in [7, 11) is 0. The van der Waals surface area contributed by atoms with Crippen molar-refractivity contribution in [2.75, 3.05) is 6.61 Å². The first kappa shape index (κ1) is 18.0. The Kier molecular flexibility index (Phi) is 4.96. The second-order valence-corrected chi connectivity index (χ2v) is 7.86. The summed E-state index contributed by atoms with van der Waals surface area (Å²) in [6.07, 6.45) is 0.809. The maximum absolute atomic E-state index is 12.1. The minimum absolute atomic E-state index is 0.0847. The average molecular weight is 331 g/mol. The van der Waals surface area contributed by atoms with E-state index < -0.39 is 5.97 Å². The molecule has 0 radical (unpaired) electrons. The van der Waals surface area contributed by atoms with E-state index in [0.717, 1.165) is 11.9 Å². The molecule has 1 amide bonds. The first-order valence-electron chi connectivity index (χ1n) is 7.99. The molecule has 0 unspecified atom stereocenters. The molecule has 24 heavy (non-hydrogen) atoms. The lowest BCUT2D eigenvalue weighted by Crippen LogP contribution is -2.47. The van der Waals surface area contributed by atoms with E-state index >= 15 is 0 Å². The molecule has 0 saturated heterocycles. The molecule has 0 atom stereocenters. The molecule has 6 nitrogen and oxygen atoms in total. The van der Waals surface area contributed by atoms with E-state index in [-0.39, 0.29) is 29.2 Å². The van der Waals surface area contributed by atoms with Crippen molar-refractivity contribution in [2.24, 2.45) is 5.41 Å². The summed E-state index contributed by atoms with van der Waals surface area (Å²) >= 11 is 0. The Hall–Kier alpha value is -2.37. The number of rotatable bonds is 5. The summed E-state index contributed by atoms with van der Waals surface area (Å²) in [5.74, 6) is -0.936. The standard InChI is InChI=1S/C18H25N3O3/c1-17(2,3)11-18(4,5)19-14(22)10-24-16(23)15-12-8-6-7-9-13(12)20-21-15/h6-9H,10-11H2,1-5H3,(H,19,22)(H,20,21). The normalized spacial score (nSPS) is 12.2. The number of hydrogen-bond acceptors (Lipinski definition) is 4. The molecule has 1 aromatic heterocycles. The Morgan fingerprint density at radius 3 is 2.50 bits per heavy atom. The van der Waals surface area contributed by atoms with E-state index in [0.29, 0.717) is 5.39 Å². The van der Waals surface area contributed by atoms with Crippen LogP contribution >= 0.6 is 0 Å². The Labute approximate surface area is 142 Å². The number of nitrogens with zero attached hydrogens (tertiary/aromatic N) is 1. The number of nitrogens with one attached hydrogen (secondary N) is 2. The molecule has 6 heteroatoms. The predicted molar refractivity (Wildman–Crippen MR) is 92.7 cm³/mol. The molecular formula is C18H25N3O3. The monoisotopic (exact) mass is 331 g/mol. The van der Waals surface area contributed by atoms with Crippen molar-refractivity contribution in [1.82, 2.24) is 15.5 Å². The van der Waals surface area contributed by atoms with E-state index in [9.17, 15) is 9.59 Å². The number of ether oxygens (including phenoxy) is 1. The lowest BCUT2D eigenvalue weighted by Gasteiger charge is -2.33. The van der Waals surface area contributed by atoms with Gasteiger partial charge in [-0.25, -0.2) is 4.79 Å². The minimum atomic E-state index is -0.615. The minimum Gasteiger partial charge on any atom is -0.451 e. The average Bonchev–Trinajstić information content (AvgIpc) is 2.85. The highest BCUT2D eigenvalue weighted by Gasteiger charge is 2.27. The van der Waals surface area contributed by atoms with E-state index in [1.54, 1.807) is 6.07 Å². The largest absolute Gasteiger partial charge is 0.451 e. The number of esters is 1. The maximum Gasteiger partial charge on any atom is 0.359 e. The van der Waals surface area contributed by atoms with Crippen LogP contribution in [0.25, 0.3) is 10.9 Å². The SMILES string of the molecule is CC(C)(C)CC(C)(C)NC(=O)COC(=O)c1n[nH]c2ccccc12. The van der Waals surface area contributed by atoms with Crippen LogP contribution < -0.4 is 5.32 Å². The number of hydrogen-bond donors (Lipinski definition) is 2. The van der Waals surface area contributed by atoms with Crippen molar-refractivity contribution in [3.63, 3.8) is 0 Å². The Balaban J connectivity index is 1.93. The lowest BCUT2D eigenvalue weighted by molar-refractivity contribution is -0.126. The predicted octanol–water partition coefficient (Wildman–Crippen LogP) is 3.05. The van der Waals surface area contributed by atoms with Crippen LogP contribution in [0.1, 0.15) is 51.5 Å². The van der Waals surface area contributed by atoms with E-state index in [1.165, 1.54) is 0 Å². The van der Waals surface area contributed by atoms with Crippen LogP contribution in [0.3, 0.4) is 0 Å². The number of H-pyrrole nitrogens is 1. The first-order chi connectivity index (χ1) is 11.1. The zero-order chi connectivity index (χ0) is 18.0. The third-order valence-electron chi connectivity index (χ3n) is 3.45. The van der Waals surface area contributed by atoms with Gasteiger partial charge in [0.15, 0.2) is 12.3 Å². The second kappa shape index (κ2) is 6.63. The van der Waals surface area contributed by atoms with Crippen molar-refractivity contribution in [2.45, 2.75) is 46.6 Å². The van der Waals surface area contributed by atoms with Gasteiger partial charge in [-0.2, -0.15) is 5.10 Å². The molecule has 0 aliphatic heterocycles. The molecule has 0 aliphatic carbocycles. The topological polar surface area (TPSA) is 84.1 Å². The molecule has 0 saturated carbocycles. The van der Waals surface area contributed by atoms with Gasteiger partial charge < -0.3 is 10.1 Å². The molecule has 0 aliphatic rings. The van der Waals surface area contributed by atoms with Crippen LogP contribution in [0.15, 0.2) is 24.3 Å². The molecule has 2 aromatic rings. The Bertz CT molecular complexity index is 741. The molecule has 1 aromatic carbocycles. The summed E-state index contributed by atoms with van der Waals surface area (Å²) in [4.78, 5) is 24.2. The van der Waals surface area contributed by atoms with Crippen LogP contribution in [0.4, 0.5) is 0 Å². The number of benzene rings is 1. The zero-order valence-electron chi connectivity index (χ0n) is 14.9. The third kappa shape index (κ3) is 4.81. The summed E-state index contributed by atoms with van der Waals surface area (Å²) in [6, 6.07) is 7.26. The van der Waals surface area contributed by atoms with Crippen LogP contribution in [0.5, 0.6) is 0 Å². The van der Waals surface area contributed by atoms with Crippen molar-refractivity contribution < 1.29 is 14.3 Å². The molecule has 1 heterocycles. The van der Waals surface area contributed by atoms with Gasteiger partial charge >= 0.3 is 5.97 Å². The van der Waals surface area contributed by atoms with E-state index in [4.69, 9.17) is 4.74 Å². The van der Waals surface area contributed by atoms with Gasteiger partial charge in [-0.1, -0.05) is 39.0 Å². The fraction of sp³-hybridized carbons (Fsp3) is 0.500. The fourth-order valence-electron chi connectivity index (χ4n) is 3.10. The van der Waals surface area contributed by atoms with Gasteiger partial charge in [-0.15, -0.1) is 0 Å². The van der Waals surface area contributed by atoms with Crippen LogP contribution in [0, 0.1) is 5.41 Å². The number of aromatic nitrogens is 2. The quantitative estimate of drug-likeness (QED) is 0.825. The number of carbonyl (C=O) groups is 2. The summed E-state index contributed by atoms with van der Waals surface area (Å²) in [5.41, 5.74) is 0.648. The van der Waals surface area contributed by atoms with E-state index in [2.05, 4.69) is 36.3 Å². The van der Waals surface area contributed by atoms with Crippen LogP contribution in [-0.2, 0) is 9.53 Å². The van der Waals surface area contributed by atoms with Gasteiger partial charge in [0.25, 0.3) is 5.91 Å². The highest BCUT2D eigenvalue weighted by Crippen LogP contribution is 2.26. The molecule has 0 spiro atoms. The zero-order valence-corrected chi connectivity index (χ0v) is 14.9. The molecule has 2 N–H and O–H groups in total. The molecular weight excluding hydrogens is 306 g/mol. The van der Waals surface area contributed by atoms with Gasteiger partial charge in [0.2, 0.25) is 0 Å². The number of aromatic amines is 1. The number of para-hydroxylation sites is 1. The number of fused-ring (bicyclic) bond motifs is 1. The molecule has 2 rings (SSSR count). The number of amides is 1. The van der Waals surface area contributed by atoms with Gasteiger partial charge in [0, 0.05) is 10.9 Å². The Morgan fingerprint density at radius 2 is 1.83 bits per heavy atom. The number of carbonyl (C=O) groups excluding carboxylic acids is 2. The van der Waals surface area contributed by atoms with Crippen molar-refractivity contribution in [3.05, 3.63) is 30.0 Å². The van der Waals surface area contributed by atoms with Gasteiger partial charge in [0.05, 0.1) is 5.52 Å². The van der Waals surface area contributed by atoms with Gasteiger partial charge in [-0.05, 0) is 31.7 Å². The van der Waals surface area contributed by atoms with E-state index in [1.807, 2.05) is 32.0 Å². The lowest BCUT2D eigenvalue weighted by atomic mass is 9.82. The summed E-state index contributed by atoms with van der Waals surface area (Å²) in [6.45, 7) is 9.93. The fourth-order valence-corrected chi connectivity index (χ4v) is 3.10. The summed E-state index contributed by atoms with van der Waals surface area (Å²) < 4.78 is 5.10. The highest BCUT2D eigenvalue weighted by atomic mass is 16.5. The van der Waals surface area contributed by atoms with Gasteiger partial charge in [0.1, 0.15) is 0 Å². The van der Waals surface area contributed by atoms with Crippen LogP contribution in [-0.4, -0.2) is 34.2 Å². The molecule has 0 fully saturated rings. The molecule has 0 bridgehead atoms. The van der Waals surface area contributed by atoms with Crippen LogP contribution in [0.2, 0.25) is 0 Å². The van der Waals surface area contributed by atoms with Crippen molar-refractivity contribution in [1.29, 1.82) is 0 Å². The first-order valence-corrected chi connectivity index (χ1v) is 7.99.